The number of nitriles is 1. The largest absolute Gasteiger partial charge is 0.493 e. The molecular formula is C41H50N4O4. The summed E-state index contributed by atoms with van der Waals surface area (Å²) in [4.78, 5) is 30.4. The lowest BCUT2D eigenvalue weighted by Gasteiger charge is -2.41. The van der Waals surface area contributed by atoms with E-state index in [9.17, 15) is 14.9 Å². The molecule has 1 saturated heterocycles. The molecule has 1 aromatic heterocycles. The number of piperidine rings is 1. The smallest absolute Gasteiger partial charge is 0.264 e. The molecule has 2 fully saturated rings. The number of pyridine rings is 1. The van der Waals surface area contributed by atoms with Crippen LogP contribution in [0.15, 0.2) is 59.0 Å². The topological polar surface area (TPSA) is 87.8 Å². The number of likely N-dealkylation sites (tertiary alicyclic amines) is 1. The number of carbonyl (C=O) groups excluding carboxylic acids is 1. The molecular weight excluding hydrogens is 612 g/mol. The van der Waals surface area contributed by atoms with Gasteiger partial charge in [-0.1, -0.05) is 51.1 Å². The van der Waals surface area contributed by atoms with Crippen LogP contribution in [0.2, 0.25) is 0 Å². The highest BCUT2D eigenvalue weighted by Crippen LogP contribution is 2.50. The van der Waals surface area contributed by atoms with Gasteiger partial charge < -0.3 is 18.9 Å². The van der Waals surface area contributed by atoms with Crippen LogP contribution in [0.1, 0.15) is 87.2 Å². The van der Waals surface area contributed by atoms with Crippen LogP contribution in [0.3, 0.4) is 0 Å². The Labute approximate surface area is 290 Å². The zero-order valence-electron chi connectivity index (χ0n) is 30.4. The van der Waals surface area contributed by atoms with Crippen molar-refractivity contribution in [2.24, 2.45) is 12.5 Å². The summed E-state index contributed by atoms with van der Waals surface area (Å²) in [5.41, 5.74) is 7.75. The molecule has 8 heteroatoms. The predicted molar refractivity (Wildman–Crippen MR) is 193 cm³/mol. The number of aromatic nitrogens is 1. The normalized spacial score (nSPS) is 20.5. The maximum Gasteiger partial charge on any atom is 0.264 e. The molecule has 258 valence electrons. The lowest BCUT2D eigenvalue weighted by Crippen LogP contribution is -2.47. The molecule has 1 spiro atoms. The van der Waals surface area contributed by atoms with Crippen molar-refractivity contribution < 1.29 is 14.3 Å². The van der Waals surface area contributed by atoms with Crippen molar-refractivity contribution in [3.8, 4) is 28.7 Å². The molecule has 3 aliphatic rings. The van der Waals surface area contributed by atoms with E-state index in [-0.39, 0.29) is 40.1 Å². The number of aryl methyl sites for hydroxylation is 1. The quantitative estimate of drug-likeness (QED) is 0.197. The van der Waals surface area contributed by atoms with Crippen molar-refractivity contribution in [1.82, 2.24) is 14.4 Å². The van der Waals surface area contributed by atoms with Gasteiger partial charge in [0.15, 0.2) is 11.5 Å². The molecule has 1 aliphatic carbocycles. The Morgan fingerprint density at radius 3 is 2.53 bits per heavy atom. The van der Waals surface area contributed by atoms with E-state index in [2.05, 4.69) is 42.2 Å². The summed E-state index contributed by atoms with van der Waals surface area (Å²) in [7, 11) is 3.47. The zero-order chi connectivity index (χ0) is 35.2. The van der Waals surface area contributed by atoms with Gasteiger partial charge in [-0.2, -0.15) is 5.26 Å². The molecule has 2 unspecified atom stereocenters. The Bertz CT molecular complexity index is 1910. The molecule has 3 heterocycles. The van der Waals surface area contributed by atoms with Crippen molar-refractivity contribution in [3.05, 3.63) is 92.4 Å². The number of hydrogen-bond acceptors (Lipinski definition) is 6. The Balaban J connectivity index is 1.15. The third kappa shape index (κ3) is 6.78. The fourth-order valence-electron chi connectivity index (χ4n) is 7.89. The fraction of sp³-hybridized carbons (Fsp3) is 0.488. The third-order valence-corrected chi connectivity index (χ3v) is 10.9. The molecule has 2 aliphatic heterocycles. The number of carbonyl (C=O) groups is 1. The van der Waals surface area contributed by atoms with Gasteiger partial charge in [0.05, 0.1) is 13.2 Å². The first-order valence-electron chi connectivity index (χ1n) is 17.6. The minimum absolute atomic E-state index is 0.0215. The number of amides is 1. The van der Waals surface area contributed by atoms with Crippen LogP contribution in [0, 0.1) is 30.6 Å². The maximum atomic E-state index is 13.5. The van der Waals surface area contributed by atoms with Crippen LogP contribution in [0.25, 0.3) is 11.1 Å². The molecule has 2 atom stereocenters. The molecule has 1 saturated carbocycles. The summed E-state index contributed by atoms with van der Waals surface area (Å²) in [6, 6.07) is 14.7. The van der Waals surface area contributed by atoms with Crippen LogP contribution in [-0.2, 0) is 24.8 Å². The second kappa shape index (κ2) is 13.2. The summed E-state index contributed by atoms with van der Waals surface area (Å²) in [6.45, 7) is 14.4. The summed E-state index contributed by atoms with van der Waals surface area (Å²) in [5.74, 6) is 1.27. The van der Waals surface area contributed by atoms with E-state index in [0.717, 1.165) is 60.4 Å². The standard InChI is InChI=1S/C41H50N4O4/c1-26-27(2)38(46)43(7)25-35(26)29-12-13-36(37(20-29)48-8)49-32-14-18-44(41(22-32)16-17-41)24-30-10-9-11-33-28(3)45(19-15-34(30)33)39(47)31(23-42)21-40(4,5)6/h9-13,20-21,25,28,32H,14-19,22,24H2,1-8H3. The van der Waals surface area contributed by atoms with Crippen molar-refractivity contribution in [1.29, 1.82) is 5.26 Å². The van der Waals surface area contributed by atoms with Gasteiger partial charge in [-0.3, -0.25) is 14.5 Å². The molecule has 8 nitrogen and oxygen atoms in total. The Hall–Kier alpha value is -4.35. The number of rotatable bonds is 7. The van der Waals surface area contributed by atoms with Gasteiger partial charge in [0.25, 0.3) is 11.5 Å². The number of hydrogen-bond donors (Lipinski definition) is 0. The van der Waals surface area contributed by atoms with E-state index in [1.165, 1.54) is 29.5 Å². The number of methoxy groups -OCH3 is 1. The second-order valence-electron chi connectivity index (χ2n) is 15.4. The molecule has 6 rings (SSSR count). The van der Waals surface area contributed by atoms with Crippen LogP contribution in [0.4, 0.5) is 0 Å². The summed E-state index contributed by atoms with van der Waals surface area (Å²) >= 11 is 0. The van der Waals surface area contributed by atoms with Crippen LogP contribution in [0.5, 0.6) is 11.5 Å². The number of allylic oxidation sites excluding steroid dienone is 1. The molecule has 0 radical (unpaired) electrons. The van der Waals surface area contributed by atoms with E-state index in [1.807, 2.05) is 57.8 Å². The van der Waals surface area contributed by atoms with Crippen LogP contribution >= 0.6 is 0 Å². The van der Waals surface area contributed by atoms with Gasteiger partial charge in [-0.25, -0.2) is 0 Å². The van der Waals surface area contributed by atoms with Crippen molar-refractivity contribution in [2.75, 3.05) is 20.2 Å². The Morgan fingerprint density at radius 2 is 1.86 bits per heavy atom. The van der Waals surface area contributed by atoms with Crippen molar-refractivity contribution in [2.45, 2.75) is 97.9 Å². The molecule has 3 aromatic rings. The van der Waals surface area contributed by atoms with Crippen LogP contribution in [-0.4, -0.2) is 52.1 Å². The molecule has 1 amide bonds. The zero-order valence-corrected chi connectivity index (χ0v) is 30.4. The van der Waals surface area contributed by atoms with E-state index in [0.29, 0.717) is 12.3 Å². The fourth-order valence-corrected chi connectivity index (χ4v) is 7.89. The minimum Gasteiger partial charge on any atom is -0.493 e. The van der Waals surface area contributed by atoms with Gasteiger partial charge in [-0.15, -0.1) is 0 Å². The highest BCUT2D eigenvalue weighted by atomic mass is 16.5. The monoisotopic (exact) mass is 662 g/mol. The number of nitrogens with zero attached hydrogens (tertiary/aromatic N) is 4. The van der Waals surface area contributed by atoms with Crippen molar-refractivity contribution in [3.63, 3.8) is 0 Å². The highest BCUT2D eigenvalue weighted by molar-refractivity contribution is 5.97. The van der Waals surface area contributed by atoms with E-state index >= 15 is 0 Å². The Morgan fingerprint density at radius 1 is 1.10 bits per heavy atom. The second-order valence-corrected chi connectivity index (χ2v) is 15.4. The van der Waals surface area contributed by atoms with E-state index < -0.39 is 0 Å². The third-order valence-electron chi connectivity index (χ3n) is 10.9. The average molecular weight is 663 g/mol. The van der Waals surface area contributed by atoms with E-state index in [4.69, 9.17) is 9.47 Å². The summed E-state index contributed by atoms with van der Waals surface area (Å²) in [5, 5.41) is 9.77. The minimum atomic E-state index is -0.247. The predicted octanol–water partition coefficient (Wildman–Crippen LogP) is 7.20. The first-order chi connectivity index (χ1) is 23.2. The molecule has 2 aromatic carbocycles. The lowest BCUT2D eigenvalue weighted by molar-refractivity contribution is -0.129. The van der Waals surface area contributed by atoms with Gasteiger partial charge >= 0.3 is 0 Å². The summed E-state index contributed by atoms with van der Waals surface area (Å²) < 4.78 is 14.1. The number of fused-ring (bicyclic) bond motifs is 1. The number of benzene rings is 2. The van der Waals surface area contributed by atoms with Gasteiger partial charge in [0, 0.05) is 56.0 Å². The lowest BCUT2D eigenvalue weighted by atomic mass is 9.87. The van der Waals surface area contributed by atoms with Gasteiger partial charge in [0.1, 0.15) is 17.7 Å². The molecule has 0 N–H and O–H groups in total. The average Bonchev–Trinajstić information content (AvgIpc) is 3.84. The highest BCUT2D eigenvalue weighted by Gasteiger charge is 2.52. The SMILES string of the molecule is COc1cc(-c2cn(C)c(=O)c(C)c2C)ccc1OC1CCN(Cc2cccc3c2CCN(C(=O)C(C#N)=CC(C)(C)C)C3C)C2(CC2)C1. The van der Waals surface area contributed by atoms with Crippen molar-refractivity contribution >= 4 is 5.91 Å². The van der Waals surface area contributed by atoms with E-state index in [1.54, 1.807) is 24.8 Å². The first-order valence-corrected chi connectivity index (χ1v) is 17.6. The Kier molecular flexibility index (Phi) is 9.27. The van der Waals surface area contributed by atoms with Crippen LogP contribution < -0.4 is 15.0 Å². The maximum absolute atomic E-state index is 13.5. The number of ether oxygens (including phenoxy) is 2. The molecule has 0 bridgehead atoms. The first kappa shape index (κ1) is 34.5. The van der Waals surface area contributed by atoms with Gasteiger partial charge in [0.2, 0.25) is 0 Å². The molecule has 49 heavy (non-hydrogen) atoms. The van der Waals surface area contributed by atoms with Gasteiger partial charge in [-0.05, 0) is 91.8 Å². The summed E-state index contributed by atoms with van der Waals surface area (Å²) in [6.07, 6.45) is 8.80.